The van der Waals surface area contributed by atoms with Gasteiger partial charge in [0.2, 0.25) is 0 Å². The molecule has 5 heteroatoms. The van der Waals surface area contributed by atoms with Crippen LogP contribution >= 0.6 is 27.5 Å². The molecule has 0 fully saturated rings. The molecule has 0 unspecified atom stereocenters. The van der Waals surface area contributed by atoms with E-state index >= 15 is 0 Å². The number of amides is 2. The van der Waals surface area contributed by atoms with Crippen molar-refractivity contribution in [3.8, 4) is 0 Å². The maximum Gasteiger partial charge on any atom is 0.319 e. The zero-order valence-corrected chi connectivity index (χ0v) is 12.3. The molecule has 0 radical (unpaired) electrons. The molecule has 0 spiro atoms. The zero-order chi connectivity index (χ0) is 13.7. The van der Waals surface area contributed by atoms with Crippen molar-refractivity contribution in [2.45, 2.75) is 6.54 Å². The number of rotatable bonds is 3. The lowest BCUT2D eigenvalue weighted by Gasteiger charge is -2.09. The molecule has 98 valence electrons. The Balaban J connectivity index is 1.91. The molecule has 2 rings (SSSR count). The van der Waals surface area contributed by atoms with Crippen molar-refractivity contribution in [3.05, 3.63) is 63.6 Å². The van der Waals surface area contributed by atoms with E-state index in [2.05, 4.69) is 26.6 Å². The summed E-state index contributed by atoms with van der Waals surface area (Å²) in [7, 11) is 0. The summed E-state index contributed by atoms with van der Waals surface area (Å²) in [5.74, 6) is 0. The molecule has 19 heavy (non-hydrogen) atoms. The Labute approximate surface area is 125 Å². The first-order valence-electron chi connectivity index (χ1n) is 5.69. The fourth-order valence-electron chi connectivity index (χ4n) is 1.54. The van der Waals surface area contributed by atoms with Crippen LogP contribution in [0.5, 0.6) is 0 Å². The van der Waals surface area contributed by atoms with Crippen molar-refractivity contribution in [3.63, 3.8) is 0 Å². The number of benzene rings is 2. The molecule has 0 heterocycles. The van der Waals surface area contributed by atoms with Gasteiger partial charge in [0.1, 0.15) is 0 Å². The monoisotopic (exact) mass is 338 g/mol. The Kier molecular flexibility index (Phi) is 4.82. The minimum atomic E-state index is -0.284. The van der Waals surface area contributed by atoms with Gasteiger partial charge in [0.25, 0.3) is 0 Å². The second-order valence-corrected chi connectivity index (χ2v) is 5.24. The van der Waals surface area contributed by atoms with Crippen LogP contribution in [-0.2, 0) is 6.54 Å². The molecule has 2 N–H and O–H groups in total. The number of hydrogen-bond donors (Lipinski definition) is 2. The van der Waals surface area contributed by atoms with Crippen LogP contribution in [0.1, 0.15) is 5.56 Å². The maximum atomic E-state index is 11.7. The predicted octanol–water partition coefficient (Wildman–Crippen LogP) is 4.42. The van der Waals surface area contributed by atoms with Gasteiger partial charge < -0.3 is 10.6 Å². The fraction of sp³-hybridized carbons (Fsp3) is 0.0714. The van der Waals surface area contributed by atoms with Crippen LogP contribution in [0.4, 0.5) is 10.5 Å². The van der Waals surface area contributed by atoms with Crippen LogP contribution in [0.25, 0.3) is 0 Å². The number of anilines is 1. The summed E-state index contributed by atoms with van der Waals surface area (Å²) in [4.78, 5) is 11.7. The molecular formula is C14H12BrClN2O. The number of carbonyl (C=O) groups is 1. The van der Waals surface area contributed by atoms with Crippen LogP contribution in [0, 0.1) is 0 Å². The first-order chi connectivity index (χ1) is 9.15. The molecule has 0 aliphatic heterocycles. The largest absolute Gasteiger partial charge is 0.334 e. The number of carbonyl (C=O) groups excluding carboxylic acids is 1. The molecular weight excluding hydrogens is 328 g/mol. The van der Waals surface area contributed by atoms with E-state index < -0.39 is 0 Å². The summed E-state index contributed by atoms with van der Waals surface area (Å²) < 4.78 is 0.868. The first-order valence-corrected chi connectivity index (χ1v) is 6.86. The first kappa shape index (κ1) is 13.9. The third kappa shape index (κ3) is 4.26. The van der Waals surface area contributed by atoms with E-state index in [1.54, 1.807) is 12.1 Å². The third-order valence-corrected chi connectivity index (χ3v) is 3.28. The quantitative estimate of drug-likeness (QED) is 0.853. The van der Waals surface area contributed by atoms with Gasteiger partial charge in [-0.2, -0.15) is 0 Å². The van der Waals surface area contributed by atoms with Crippen LogP contribution in [0.2, 0.25) is 5.02 Å². The summed E-state index contributed by atoms with van der Waals surface area (Å²) in [6.45, 7) is 0.473. The van der Waals surface area contributed by atoms with Crippen LogP contribution in [-0.4, -0.2) is 6.03 Å². The van der Waals surface area contributed by atoms with Gasteiger partial charge >= 0.3 is 6.03 Å². The van der Waals surface area contributed by atoms with E-state index in [9.17, 15) is 4.79 Å². The normalized spacial score (nSPS) is 10.0. The minimum Gasteiger partial charge on any atom is -0.334 e. The molecule has 0 saturated carbocycles. The molecule has 0 atom stereocenters. The van der Waals surface area contributed by atoms with E-state index in [0.717, 1.165) is 10.0 Å². The molecule has 3 nitrogen and oxygen atoms in total. The van der Waals surface area contributed by atoms with Gasteiger partial charge in [-0.05, 0) is 23.8 Å². The second kappa shape index (κ2) is 6.59. The maximum absolute atomic E-state index is 11.7. The molecule has 0 aromatic heterocycles. The van der Waals surface area contributed by atoms with Gasteiger partial charge in [0, 0.05) is 11.0 Å². The molecule has 0 aliphatic carbocycles. The van der Waals surface area contributed by atoms with E-state index in [4.69, 9.17) is 11.6 Å². The van der Waals surface area contributed by atoms with E-state index in [1.807, 2.05) is 36.4 Å². The van der Waals surface area contributed by atoms with Crippen molar-refractivity contribution in [2.24, 2.45) is 0 Å². The summed E-state index contributed by atoms with van der Waals surface area (Å²) in [6, 6.07) is 14.7. The fourth-order valence-corrected chi connectivity index (χ4v) is 2.26. The standard InChI is InChI=1S/C14H12BrClN2O/c15-11-6-7-13(12(16)8-11)18-14(19)17-9-10-4-2-1-3-5-10/h1-8H,9H2,(H2,17,18,19). The SMILES string of the molecule is O=C(NCc1ccccc1)Nc1ccc(Br)cc1Cl. The Morgan fingerprint density at radius 1 is 1.16 bits per heavy atom. The molecule has 2 aromatic carbocycles. The Morgan fingerprint density at radius 3 is 2.58 bits per heavy atom. The van der Waals surface area contributed by atoms with Crippen molar-refractivity contribution in [1.29, 1.82) is 0 Å². The molecule has 2 amide bonds. The third-order valence-electron chi connectivity index (χ3n) is 2.48. The van der Waals surface area contributed by atoms with Gasteiger partial charge in [0.05, 0.1) is 10.7 Å². The minimum absolute atomic E-state index is 0.284. The Morgan fingerprint density at radius 2 is 1.89 bits per heavy atom. The lowest BCUT2D eigenvalue weighted by molar-refractivity contribution is 0.251. The highest BCUT2D eigenvalue weighted by Crippen LogP contribution is 2.25. The van der Waals surface area contributed by atoms with E-state index in [1.165, 1.54) is 0 Å². The van der Waals surface area contributed by atoms with Gasteiger partial charge in [-0.1, -0.05) is 57.9 Å². The van der Waals surface area contributed by atoms with Gasteiger partial charge in [-0.3, -0.25) is 0 Å². The summed E-state index contributed by atoms with van der Waals surface area (Å²) in [5, 5.41) is 5.96. The second-order valence-electron chi connectivity index (χ2n) is 3.92. The van der Waals surface area contributed by atoms with Crippen LogP contribution in [0.3, 0.4) is 0 Å². The van der Waals surface area contributed by atoms with Crippen molar-refractivity contribution >= 4 is 39.2 Å². The van der Waals surface area contributed by atoms with Crippen molar-refractivity contribution in [1.82, 2.24) is 5.32 Å². The van der Waals surface area contributed by atoms with Gasteiger partial charge in [-0.15, -0.1) is 0 Å². The number of nitrogens with one attached hydrogen (secondary N) is 2. The molecule has 0 bridgehead atoms. The number of hydrogen-bond acceptors (Lipinski definition) is 1. The highest BCUT2D eigenvalue weighted by atomic mass is 79.9. The predicted molar refractivity (Wildman–Crippen MR) is 81.5 cm³/mol. The van der Waals surface area contributed by atoms with E-state index in [0.29, 0.717) is 17.3 Å². The summed E-state index contributed by atoms with van der Waals surface area (Å²) in [6.07, 6.45) is 0. The highest BCUT2D eigenvalue weighted by molar-refractivity contribution is 9.10. The molecule has 0 aliphatic rings. The van der Waals surface area contributed by atoms with Gasteiger partial charge in [-0.25, -0.2) is 4.79 Å². The number of urea groups is 1. The Hall–Kier alpha value is -1.52. The average molecular weight is 340 g/mol. The lowest BCUT2D eigenvalue weighted by atomic mass is 10.2. The van der Waals surface area contributed by atoms with Gasteiger partial charge in [0.15, 0.2) is 0 Å². The molecule has 0 saturated heterocycles. The summed E-state index contributed by atoms with van der Waals surface area (Å²) >= 11 is 9.33. The smallest absolute Gasteiger partial charge is 0.319 e. The average Bonchev–Trinajstić information content (AvgIpc) is 2.41. The topological polar surface area (TPSA) is 41.1 Å². The number of halogens is 2. The van der Waals surface area contributed by atoms with E-state index in [-0.39, 0.29) is 6.03 Å². The zero-order valence-electron chi connectivity index (χ0n) is 9.99. The highest BCUT2D eigenvalue weighted by Gasteiger charge is 2.05. The van der Waals surface area contributed by atoms with Crippen molar-refractivity contribution < 1.29 is 4.79 Å². The Bertz CT molecular complexity index is 575. The van der Waals surface area contributed by atoms with Crippen LogP contribution in [0.15, 0.2) is 53.0 Å². The lowest BCUT2D eigenvalue weighted by Crippen LogP contribution is -2.28. The summed E-state index contributed by atoms with van der Waals surface area (Å²) in [5.41, 5.74) is 1.62. The molecule has 2 aromatic rings. The van der Waals surface area contributed by atoms with Crippen LogP contribution < -0.4 is 10.6 Å². The van der Waals surface area contributed by atoms with Crippen molar-refractivity contribution in [2.75, 3.05) is 5.32 Å².